The molecule has 1 amide bonds. The lowest BCUT2D eigenvalue weighted by molar-refractivity contribution is 0.0942. The van der Waals surface area contributed by atoms with Crippen LogP contribution < -0.4 is 5.32 Å². The third kappa shape index (κ3) is 4.78. The molecule has 0 spiro atoms. The van der Waals surface area contributed by atoms with Crippen LogP contribution in [-0.4, -0.2) is 27.3 Å². The summed E-state index contributed by atoms with van der Waals surface area (Å²) in [7, 11) is 0. The highest BCUT2D eigenvalue weighted by molar-refractivity contribution is 5.94. The van der Waals surface area contributed by atoms with E-state index in [9.17, 15) is 9.90 Å². The Balaban J connectivity index is 1.48. The largest absolute Gasteiger partial charge is 0.388 e. The number of rotatable bonds is 7. The lowest BCUT2D eigenvalue weighted by Gasteiger charge is -2.12. The fourth-order valence-corrected chi connectivity index (χ4v) is 2.61. The fraction of sp³-hybridized carbons (Fsp3) is 0.200. The zero-order valence-corrected chi connectivity index (χ0v) is 13.9. The van der Waals surface area contributed by atoms with Crippen LogP contribution in [0.3, 0.4) is 0 Å². The number of amides is 1. The summed E-state index contributed by atoms with van der Waals surface area (Å²) >= 11 is 0. The van der Waals surface area contributed by atoms with Crippen LogP contribution in [0.1, 0.15) is 34.0 Å². The van der Waals surface area contributed by atoms with E-state index in [0.29, 0.717) is 25.1 Å². The number of nitrogens with zero attached hydrogens (tertiary/aromatic N) is 2. The molecule has 1 aromatic heterocycles. The van der Waals surface area contributed by atoms with E-state index in [0.717, 1.165) is 11.1 Å². The Bertz CT molecular complexity index is 784. The first-order chi connectivity index (χ1) is 12.2. The van der Waals surface area contributed by atoms with Crippen molar-refractivity contribution in [3.05, 3.63) is 89.7 Å². The average Bonchev–Trinajstić information content (AvgIpc) is 3.16. The van der Waals surface area contributed by atoms with Crippen molar-refractivity contribution in [1.29, 1.82) is 0 Å². The molecule has 0 bridgehead atoms. The highest BCUT2D eigenvalue weighted by Gasteiger charge is 2.09. The second kappa shape index (κ2) is 8.26. The molecule has 25 heavy (non-hydrogen) atoms. The van der Waals surface area contributed by atoms with Crippen LogP contribution in [0.25, 0.3) is 0 Å². The van der Waals surface area contributed by atoms with Gasteiger partial charge in [0.2, 0.25) is 0 Å². The predicted molar refractivity (Wildman–Crippen MR) is 96.1 cm³/mol. The van der Waals surface area contributed by atoms with Crippen molar-refractivity contribution < 1.29 is 9.90 Å². The van der Waals surface area contributed by atoms with E-state index in [1.165, 1.54) is 0 Å². The Morgan fingerprint density at radius 3 is 2.52 bits per heavy atom. The molecule has 0 aliphatic rings. The fourth-order valence-electron chi connectivity index (χ4n) is 2.61. The van der Waals surface area contributed by atoms with Gasteiger partial charge in [0.25, 0.3) is 5.91 Å². The summed E-state index contributed by atoms with van der Waals surface area (Å²) in [4.78, 5) is 12.2. The lowest BCUT2D eigenvalue weighted by atomic mass is 10.1. The minimum atomic E-state index is -0.571. The maximum atomic E-state index is 12.2. The zero-order valence-electron chi connectivity index (χ0n) is 13.9. The van der Waals surface area contributed by atoms with Crippen molar-refractivity contribution in [3.8, 4) is 0 Å². The third-order valence-electron chi connectivity index (χ3n) is 4.01. The summed E-state index contributed by atoms with van der Waals surface area (Å²) in [5, 5.41) is 17.1. The summed E-state index contributed by atoms with van der Waals surface area (Å²) in [5.41, 5.74) is 2.55. The van der Waals surface area contributed by atoms with Crippen LogP contribution in [0.15, 0.2) is 73.1 Å². The molecule has 5 nitrogen and oxygen atoms in total. The second-order valence-corrected chi connectivity index (χ2v) is 5.87. The van der Waals surface area contributed by atoms with Gasteiger partial charge in [-0.15, -0.1) is 0 Å². The molecule has 5 heteroatoms. The SMILES string of the molecule is O=C(NCC[C@H](O)c1ccccc1)c1ccc(Cn2cccn2)cc1. The molecule has 0 unspecified atom stereocenters. The van der Waals surface area contributed by atoms with Crippen molar-refractivity contribution in [2.24, 2.45) is 0 Å². The van der Waals surface area contributed by atoms with Gasteiger partial charge in [-0.25, -0.2) is 0 Å². The molecule has 1 heterocycles. The molecule has 0 aliphatic heterocycles. The average molecular weight is 335 g/mol. The molecule has 0 saturated heterocycles. The van der Waals surface area contributed by atoms with Gasteiger partial charge >= 0.3 is 0 Å². The van der Waals surface area contributed by atoms with E-state index >= 15 is 0 Å². The smallest absolute Gasteiger partial charge is 0.251 e. The number of hydrogen-bond donors (Lipinski definition) is 2. The Morgan fingerprint density at radius 2 is 1.84 bits per heavy atom. The van der Waals surface area contributed by atoms with Crippen LogP contribution in [0, 0.1) is 0 Å². The Kier molecular flexibility index (Phi) is 5.59. The van der Waals surface area contributed by atoms with Gasteiger partial charge in [0.05, 0.1) is 12.6 Å². The van der Waals surface area contributed by atoms with Crippen molar-refractivity contribution in [2.45, 2.75) is 19.1 Å². The van der Waals surface area contributed by atoms with Gasteiger partial charge in [0.15, 0.2) is 0 Å². The number of aliphatic hydroxyl groups excluding tert-OH is 1. The number of nitrogens with one attached hydrogen (secondary N) is 1. The molecule has 0 aliphatic carbocycles. The maximum absolute atomic E-state index is 12.2. The lowest BCUT2D eigenvalue weighted by Crippen LogP contribution is -2.25. The van der Waals surface area contributed by atoms with E-state index < -0.39 is 6.10 Å². The first-order valence-electron chi connectivity index (χ1n) is 8.30. The van der Waals surface area contributed by atoms with Crippen LogP contribution in [0.4, 0.5) is 0 Å². The number of carbonyl (C=O) groups is 1. The standard InChI is InChI=1S/C20H21N3O2/c24-19(17-5-2-1-3-6-17)11-13-21-20(25)18-9-7-16(8-10-18)15-23-14-4-12-22-23/h1-10,12,14,19,24H,11,13,15H2,(H,21,25)/t19-/m0/s1. The quantitative estimate of drug-likeness (QED) is 0.698. The molecular weight excluding hydrogens is 314 g/mol. The van der Waals surface area contributed by atoms with Crippen LogP contribution in [0.2, 0.25) is 0 Å². The van der Waals surface area contributed by atoms with Crippen LogP contribution in [0.5, 0.6) is 0 Å². The summed E-state index contributed by atoms with van der Waals surface area (Å²) in [6.45, 7) is 1.10. The maximum Gasteiger partial charge on any atom is 0.251 e. The molecule has 2 N–H and O–H groups in total. The second-order valence-electron chi connectivity index (χ2n) is 5.87. The van der Waals surface area contributed by atoms with Gasteiger partial charge < -0.3 is 10.4 Å². The first kappa shape index (κ1) is 16.9. The zero-order chi connectivity index (χ0) is 17.5. The number of benzene rings is 2. The number of hydrogen-bond acceptors (Lipinski definition) is 3. The summed E-state index contributed by atoms with van der Waals surface area (Å²) in [5.74, 6) is -0.133. The van der Waals surface area contributed by atoms with Crippen molar-refractivity contribution >= 4 is 5.91 Å². The molecular formula is C20H21N3O2. The van der Waals surface area contributed by atoms with Crippen LogP contribution >= 0.6 is 0 Å². The Morgan fingerprint density at radius 1 is 1.08 bits per heavy atom. The minimum Gasteiger partial charge on any atom is -0.388 e. The first-order valence-corrected chi connectivity index (χ1v) is 8.30. The highest BCUT2D eigenvalue weighted by atomic mass is 16.3. The van der Waals surface area contributed by atoms with Gasteiger partial charge in [0, 0.05) is 24.5 Å². The van der Waals surface area contributed by atoms with Gasteiger partial charge in [-0.1, -0.05) is 42.5 Å². The van der Waals surface area contributed by atoms with E-state index in [-0.39, 0.29) is 5.91 Å². The van der Waals surface area contributed by atoms with E-state index in [4.69, 9.17) is 0 Å². The molecule has 1 atom stereocenters. The molecule has 3 aromatic rings. The van der Waals surface area contributed by atoms with Gasteiger partial charge in [-0.3, -0.25) is 9.48 Å². The van der Waals surface area contributed by atoms with E-state index in [2.05, 4.69) is 10.4 Å². The van der Waals surface area contributed by atoms with Gasteiger partial charge in [0.1, 0.15) is 0 Å². The predicted octanol–water partition coefficient (Wildman–Crippen LogP) is 2.78. The number of aliphatic hydroxyl groups is 1. The Labute approximate surface area is 146 Å². The molecule has 0 saturated carbocycles. The molecule has 128 valence electrons. The third-order valence-corrected chi connectivity index (χ3v) is 4.01. The summed E-state index contributed by atoms with van der Waals surface area (Å²) in [6.07, 6.45) is 3.55. The minimum absolute atomic E-state index is 0.133. The van der Waals surface area contributed by atoms with Crippen molar-refractivity contribution in [2.75, 3.05) is 6.54 Å². The topological polar surface area (TPSA) is 67.2 Å². The molecule has 2 aromatic carbocycles. The summed E-state index contributed by atoms with van der Waals surface area (Å²) in [6, 6.07) is 18.8. The highest BCUT2D eigenvalue weighted by Crippen LogP contribution is 2.15. The number of carbonyl (C=O) groups excluding carboxylic acids is 1. The normalized spacial score (nSPS) is 11.9. The molecule has 3 rings (SSSR count). The van der Waals surface area contributed by atoms with E-state index in [1.807, 2.05) is 71.5 Å². The molecule has 0 fully saturated rings. The van der Waals surface area contributed by atoms with Crippen molar-refractivity contribution in [3.63, 3.8) is 0 Å². The monoisotopic (exact) mass is 335 g/mol. The number of aromatic nitrogens is 2. The van der Waals surface area contributed by atoms with Gasteiger partial charge in [-0.2, -0.15) is 5.10 Å². The molecule has 0 radical (unpaired) electrons. The van der Waals surface area contributed by atoms with E-state index in [1.54, 1.807) is 6.20 Å². The Hall–Kier alpha value is -2.92. The van der Waals surface area contributed by atoms with Crippen molar-refractivity contribution in [1.82, 2.24) is 15.1 Å². The summed E-state index contributed by atoms with van der Waals surface area (Å²) < 4.78 is 1.83. The van der Waals surface area contributed by atoms with Crippen LogP contribution in [-0.2, 0) is 6.54 Å². The van der Waals surface area contributed by atoms with Gasteiger partial charge in [-0.05, 0) is 35.7 Å².